The first kappa shape index (κ1) is 11.8. The second kappa shape index (κ2) is 4.79. The van der Waals surface area contributed by atoms with Crippen molar-refractivity contribution in [3.05, 3.63) is 30.2 Å². The van der Waals surface area contributed by atoms with Crippen molar-refractivity contribution < 1.29 is 9.53 Å². The highest BCUT2D eigenvalue weighted by Gasteiger charge is 2.47. The average Bonchev–Trinajstić information content (AvgIpc) is 3.10. The topological polar surface area (TPSA) is 80.8 Å². The van der Waals surface area contributed by atoms with Gasteiger partial charge in [0.15, 0.2) is 5.82 Å². The van der Waals surface area contributed by atoms with Crippen LogP contribution < -0.4 is 0 Å². The molecular weight excluding hydrogens is 244 g/mol. The molecule has 3 rings (SSSR count). The summed E-state index contributed by atoms with van der Waals surface area (Å²) in [7, 11) is 0. The number of nitrogens with one attached hydrogen (secondary N) is 1. The maximum absolute atomic E-state index is 11.6. The molecule has 6 nitrogen and oxygen atoms in total. The van der Waals surface area contributed by atoms with Gasteiger partial charge in [0.2, 0.25) is 0 Å². The van der Waals surface area contributed by atoms with E-state index in [0.717, 1.165) is 17.9 Å². The molecule has 6 heteroatoms. The fraction of sp³-hybridized carbons (Fsp3) is 0.385. The number of pyridine rings is 1. The quantitative estimate of drug-likeness (QED) is 0.841. The average molecular weight is 258 g/mol. The number of hydrogen-bond donors (Lipinski definition) is 1. The van der Waals surface area contributed by atoms with Crippen LogP contribution >= 0.6 is 0 Å². The zero-order chi connectivity index (χ0) is 13.2. The van der Waals surface area contributed by atoms with E-state index >= 15 is 0 Å². The van der Waals surface area contributed by atoms with E-state index in [-0.39, 0.29) is 17.8 Å². The molecule has 1 aliphatic carbocycles. The minimum Gasteiger partial charge on any atom is -0.466 e. The zero-order valence-corrected chi connectivity index (χ0v) is 10.5. The van der Waals surface area contributed by atoms with E-state index in [2.05, 4.69) is 20.2 Å². The summed E-state index contributed by atoms with van der Waals surface area (Å²) in [5.41, 5.74) is 0.721. The smallest absolute Gasteiger partial charge is 0.309 e. The number of rotatable bonds is 4. The lowest BCUT2D eigenvalue weighted by molar-refractivity contribution is -0.144. The molecule has 2 heterocycles. The minimum absolute atomic E-state index is 0.0792. The minimum atomic E-state index is -0.150. The van der Waals surface area contributed by atoms with Crippen molar-refractivity contribution >= 4 is 5.97 Å². The Hall–Kier alpha value is -2.24. The summed E-state index contributed by atoms with van der Waals surface area (Å²) in [6.07, 6.45) is 2.47. The molecule has 0 radical (unpaired) electrons. The molecule has 0 spiro atoms. The molecule has 1 fully saturated rings. The molecule has 0 unspecified atom stereocenters. The summed E-state index contributed by atoms with van der Waals surface area (Å²) in [6.45, 7) is 2.22. The van der Waals surface area contributed by atoms with Crippen LogP contribution in [0.2, 0.25) is 0 Å². The Bertz CT molecular complexity index is 581. The van der Waals surface area contributed by atoms with Crippen LogP contribution in [-0.2, 0) is 9.53 Å². The molecule has 0 aromatic carbocycles. The number of ether oxygens (including phenoxy) is 1. The maximum atomic E-state index is 11.6. The maximum Gasteiger partial charge on any atom is 0.309 e. The summed E-state index contributed by atoms with van der Waals surface area (Å²) in [5, 5.41) is 7.02. The third-order valence-electron chi connectivity index (χ3n) is 3.13. The fourth-order valence-corrected chi connectivity index (χ4v) is 2.06. The van der Waals surface area contributed by atoms with Gasteiger partial charge in [-0.15, -0.1) is 0 Å². The highest BCUT2D eigenvalue weighted by atomic mass is 16.5. The first-order valence-corrected chi connectivity index (χ1v) is 6.30. The lowest BCUT2D eigenvalue weighted by atomic mass is 10.3. The van der Waals surface area contributed by atoms with Gasteiger partial charge in [-0.3, -0.25) is 14.9 Å². The van der Waals surface area contributed by atoms with Crippen molar-refractivity contribution in [1.29, 1.82) is 0 Å². The van der Waals surface area contributed by atoms with E-state index < -0.39 is 0 Å². The lowest BCUT2D eigenvalue weighted by Gasteiger charge is -1.98. The van der Waals surface area contributed by atoms with Crippen LogP contribution in [0.4, 0.5) is 0 Å². The SMILES string of the molecule is CCOC(=O)[C@@H]1C[C@@H]1c1nc(-c2ccccn2)n[nH]1. The summed E-state index contributed by atoms with van der Waals surface area (Å²) in [6, 6.07) is 5.58. The molecule has 1 saturated carbocycles. The Kier molecular flexibility index (Phi) is 2.98. The molecular formula is C13H14N4O2. The Morgan fingerprint density at radius 1 is 1.53 bits per heavy atom. The molecule has 1 N–H and O–H groups in total. The first-order chi connectivity index (χ1) is 9.29. The standard InChI is InChI=1S/C13H14N4O2/c1-2-19-13(18)9-7-8(9)11-15-12(17-16-11)10-5-3-4-6-14-10/h3-6,8-9H,2,7H2,1H3,(H,15,16,17)/t8-,9+/m0/s1. The van der Waals surface area contributed by atoms with Crippen molar-refractivity contribution in [2.75, 3.05) is 6.61 Å². The van der Waals surface area contributed by atoms with Crippen LogP contribution in [0.1, 0.15) is 25.1 Å². The van der Waals surface area contributed by atoms with E-state index in [1.54, 1.807) is 6.20 Å². The second-order valence-corrected chi connectivity index (χ2v) is 4.46. The Morgan fingerprint density at radius 2 is 2.42 bits per heavy atom. The van der Waals surface area contributed by atoms with Crippen molar-refractivity contribution in [1.82, 2.24) is 20.2 Å². The normalized spacial score (nSPS) is 21.1. The van der Waals surface area contributed by atoms with Gasteiger partial charge in [-0.05, 0) is 25.5 Å². The van der Waals surface area contributed by atoms with Gasteiger partial charge >= 0.3 is 5.97 Å². The molecule has 98 valence electrons. The number of aromatic amines is 1. The van der Waals surface area contributed by atoms with Gasteiger partial charge < -0.3 is 4.74 Å². The Morgan fingerprint density at radius 3 is 3.16 bits per heavy atom. The number of esters is 1. The molecule has 0 aliphatic heterocycles. The van der Waals surface area contributed by atoms with E-state index in [0.29, 0.717) is 12.4 Å². The molecule has 1 aliphatic rings. The van der Waals surface area contributed by atoms with E-state index in [9.17, 15) is 4.79 Å². The predicted octanol–water partition coefficient (Wildman–Crippen LogP) is 1.53. The van der Waals surface area contributed by atoms with Gasteiger partial charge in [-0.1, -0.05) is 6.07 Å². The number of H-pyrrole nitrogens is 1. The van der Waals surface area contributed by atoms with Crippen LogP contribution in [-0.4, -0.2) is 32.7 Å². The Balaban J connectivity index is 1.72. The second-order valence-electron chi connectivity index (χ2n) is 4.46. The van der Waals surface area contributed by atoms with Crippen molar-refractivity contribution in [3.8, 4) is 11.5 Å². The highest BCUT2D eigenvalue weighted by molar-refractivity contribution is 5.77. The first-order valence-electron chi connectivity index (χ1n) is 6.30. The molecule has 0 amide bonds. The van der Waals surface area contributed by atoms with Gasteiger partial charge in [0.05, 0.1) is 12.5 Å². The number of carbonyl (C=O) groups excluding carboxylic acids is 1. The fourth-order valence-electron chi connectivity index (χ4n) is 2.06. The Labute approximate surface area is 110 Å². The number of aromatic nitrogens is 4. The predicted molar refractivity (Wildman–Crippen MR) is 67.1 cm³/mol. The van der Waals surface area contributed by atoms with Crippen LogP contribution in [0.25, 0.3) is 11.5 Å². The van der Waals surface area contributed by atoms with Gasteiger partial charge in [-0.2, -0.15) is 5.10 Å². The molecule has 2 aromatic rings. The zero-order valence-electron chi connectivity index (χ0n) is 10.5. The molecule has 2 atom stereocenters. The lowest BCUT2D eigenvalue weighted by Crippen LogP contribution is -2.07. The monoisotopic (exact) mass is 258 g/mol. The molecule has 19 heavy (non-hydrogen) atoms. The number of nitrogens with zero attached hydrogens (tertiary/aromatic N) is 3. The summed E-state index contributed by atoms with van der Waals surface area (Å²) in [5.74, 6) is 1.17. The van der Waals surface area contributed by atoms with Crippen molar-refractivity contribution in [2.45, 2.75) is 19.3 Å². The van der Waals surface area contributed by atoms with Gasteiger partial charge in [0.25, 0.3) is 0 Å². The molecule has 2 aromatic heterocycles. The van der Waals surface area contributed by atoms with Crippen LogP contribution in [0.5, 0.6) is 0 Å². The molecule has 0 bridgehead atoms. The summed E-state index contributed by atoms with van der Waals surface area (Å²) >= 11 is 0. The third-order valence-corrected chi connectivity index (χ3v) is 3.13. The largest absolute Gasteiger partial charge is 0.466 e. The molecule has 0 saturated heterocycles. The van der Waals surface area contributed by atoms with Gasteiger partial charge in [0.1, 0.15) is 11.5 Å². The van der Waals surface area contributed by atoms with Crippen LogP contribution in [0.3, 0.4) is 0 Å². The van der Waals surface area contributed by atoms with E-state index in [1.165, 1.54) is 0 Å². The number of carbonyl (C=O) groups is 1. The summed E-state index contributed by atoms with van der Waals surface area (Å²) < 4.78 is 5.00. The highest BCUT2D eigenvalue weighted by Crippen LogP contribution is 2.46. The van der Waals surface area contributed by atoms with Crippen LogP contribution in [0.15, 0.2) is 24.4 Å². The van der Waals surface area contributed by atoms with Crippen molar-refractivity contribution in [3.63, 3.8) is 0 Å². The van der Waals surface area contributed by atoms with E-state index in [1.807, 2.05) is 25.1 Å². The third kappa shape index (κ3) is 2.33. The van der Waals surface area contributed by atoms with E-state index in [4.69, 9.17) is 4.74 Å². The van der Waals surface area contributed by atoms with Crippen molar-refractivity contribution in [2.24, 2.45) is 5.92 Å². The van der Waals surface area contributed by atoms with Gasteiger partial charge in [-0.25, -0.2) is 4.98 Å². The number of hydrogen-bond acceptors (Lipinski definition) is 5. The van der Waals surface area contributed by atoms with Gasteiger partial charge in [0, 0.05) is 12.1 Å². The summed E-state index contributed by atoms with van der Waals surface area (Å²) in [4.78, 5) is 20.2. The van der Waals surface area contributed by atoms with Crippen LogP contribution in [0, 0.1) is 5.92 Å².